The van der Waals surface area contributed by atoms with Crippen LogP contribution < -0.4 is 11.1 Å². The van der Waals surface area contributed by atoms with Crippen LogP contribution in [0.25, 0.3) is 11.1 Å². The molecule has 0 saturated heterocycles. The van der Waals surface area contributed by atoms with E-state index in [-0.39, 0.29) is 5.92 Å². The Bertz CT molecular complexity index is 629. The summed E-state index contributed by atoms with van der Waals surface area (Å²) in [4.78, 5) is 24.4. The van der Waals surface area contributed by atoms with Crippen LogP contribution in [0.1, 0.15) is 18.9 Å². The van der Waals surface area contributed by atoms with Gasteiger partial charge in [0, 0.05) is 13.1 Å². The minimum atomic E-state index is -0.790. The number of aromatic amines is 1. The third-order valence-corrected chi connectivity index (χ3v) is 3.05. The number of carboxylic acids is 1. The molecule has 0 amide bonds. The number of aromatic nitrogens is 1. The number of benzene rings is 1. The molecule has 6 heteroatoms. The Morgan fingerprint density at radius 3 is 3.00 bits per heavy atom. The molecule has 1 unspecified atom stereocenters. The number of aliphatic carboxylic acids is 1. The first-order chi connectivity index (χ1) is 9.10. The number of hydrogen-bond acceptors (Lipinski definition) is 4. The summed E-state index contributed by atoms with van der Waals surface area (Å²) in [6, 6.07) is 5.40. The molecule has 0 spiro atoms. The Morgan fingerprint density at radius 2 is 2.32 bits per heavy atom. The molecule has 0 aliphatic heterocycles. The van der Waals surface area contributed by atoms with Gasteiger partial charge < -0.3 is 14.8 Å². The van der Waals surface area contributed by atoms with Gasteiger partial charge in [-0.3, -0.25) is 9.78 Å². The first kappa shape index (κ1) is 13.4. The number of oxazole rings is 1. The third kappa shape index (κ3) is 3.23. The van der Waals surface area contributed by atoms with Crippen molar-refractivity contribution in [3.63, 3.8) is 0 Å². The Balaban J connectivity index is 1.98. The van der Waals surface area contributed by atoms with Crippen LogP contribution in [0.15, 0.2) is 27.4 Å². The van der Waals surface area contributed by atoms with Gasteiger partial charge in [0.25, 0.3) is 0 Å². The van der Waals surface area contributed by atoms with Crippen LogP contribution in [0.3, 0.4) is 0 Å². The zero-order valence-electron chi connectivity index (χ0n) is 10.6. The number of rotatable bonds is 6. The summed E-state index contributed by atoms with van der Waals surface area (Å²) >= 11 is 0. The Hall–Kier alpha value is -2.08. The number of fused-ring (bicyclic) bond motifs is 1. The number of hydrogen-bond donors (Lipinski definition) is 3. The third-order valence-electron chi connectivity index (χ3n) is 3.05. The molecule has 3 N–H and O–H groups in total. The molecule has 0 aliphatic carbocycles. The van der Waals surface area contributed by atoms with E-state index in [9.17, 15) is 9.59 Å². The fourth-order valence-corrected chi connectivity index (χ4v) is 1.90. The first-order valence-corrected chi connectivity index (χ1v) is 6.15. The Morgan fingerprint density at radius 1 is 1.53 bits per heavy atom. The molecule has 102 valence electrons. The van der Waals surface area contributed by atoms with Crippen molar-refractivity contribution in [2.75, 3.05) is 6.54 Å². The predicted octanol–water partition coefficient (Wildman–Crippen LogP) is 1.32. The van der Waals surface area contributed by atoms with Gasteiger partial charge in [0.2, 0.25) is 0 Å². The Labute approximate surface area is 109 Å². The topological polar surface area (TPSA) is 95.3 Å². The lowest BCUT2D eigenvalue weighted by molar-refractivity contribution is -0.141. The zero-order chi connectivity index (χ0) is 13.8. The summed E-state index contributed by atoms with van der Waals surface area (Å²) < 4.78 is 4.96. The molecule has 2 rings (SSSR count). The summed E-state index contributed by atoms with van der Waals surface area (Å²) in [6.45, 7) is 2.80. The van der Waals surface area contributed by atoms with Crippen molar-refractivity contribution in [2.45, 2.75) is 19.9 Å². The average molecular weight is 264 g/mol. The highest BCUT2D eigenvalue weighted by atomic mass is 16.4. The van der Waals surface area contributed by atoms with Gasteiger partial charge in [0.15, 0.2) is 5.58 Å². The van der Waals surface area contributed by atoms with E-state index < -0.39 is 11.7 Å². The van der Waals surface area contributed by atoms with Crippen LogP contribution in [-0.4, -0.2) is 22.6 Å². The lowest BCUT2D eigenvalue weighted by atomic mass is 10.1. The standard InChI is InChI=1S/C13H16N2O4/c1-2-9(12(16)17)7-14-6-8-3-4-10-11(5-8)19-13(18)15-10/h3-5,9,14H,2,6-7H2,1H3,(H,15,18)(H,16,17). The molecule has 0 radical (unpaired) electrons. The van der Waals surface area contributed by atoms with Gasteiger partial charge in [-0.2, -0.15) is 0 Å². The minimum Gasteiger partial charge on any atom is -0.481 e. The summed E-state index contributed by atoms with van der Waals surface area (Å²) in [5, 5.41) is 12.0. The molecule has 2 aromatic rings. The SMILES string of the molecule is CCC(CNCc1ccc2[nH]c(=O)oc2c1)C(=O)O. The van der Waals surface area contributed by atoms with Crippen molar-refractivity contribution in [1.29, 1.82) is 0 Å². The summed E-state index contributed by atoms with van der Waals surface area (Å²) in [5.74, 6) is -1.65. The second kappa shape index (κ2) is 5.71. The van der Waals surface area contributed by atoms with E-state index in [1.54, 1.807) is 12.1 Å². The van der Waals surface area contributed by atoms with E-state index in [1.165, 1.54) is 0 Å². The maximum absolute atomic E-state index is 11.0. The molecular formula is C13H16N2O4. The number of carboxylic acid groups (broad SMARTS) is 1. The maximum Gasteiger partial charge on any atom is 0.417 e. The molecule has 19 heavy (non-hydrogen) atoms. The van der Waals surface area contributed by atoms with E-state index in [4.69, 9.17) is 9.52 Å². The van der Waals surface area contributed by atoms with Gasteiger partial charge in [-0.1, -0.05) is 13.0 Å². The van der Waals surface area contributed by atoms with Crippen LogP contribution in [0.2, 0.25) is 0 Å². The molecule has 0 aliphatic rings. The fourth-order valence-electron chi connectivity index (χ4n) is 1.90. The minimum absolute atomic E-state index is 0.381. The molecule has 0 bridgehead atoms. The van der Waals surface area contributed by atoms with Gasteiger partial charge in [-0.05, 0) is 24.1 Å². The van der Waals surface area contributed by atoms with E-state index in [1.807, 2.05) is 13.0 Å². The first-order valence-electron chi connectivity index (χ1n) is 6.15. The van der Waals surface area contributed by atoms with E-state index in [0.717, 1.165) is 5.56 Å². The molecular weight excluding hydrogens is 248 g/mol. The molecule has 1 atom stereocenters. The van der Waals surface area contributed by atoms with Crippen LogP contribution in [0.4, 0.5) is 0 Å². The fraction of sp³-hybridized carbons (Fsp3) is 0.385. The van der Waals surface area contributed by atoms with Gasteiger partial charge in [-0.15, -0.1) is 0 Å². The second-order valence-electron chi connectivity index (χ2n) is 4.42. The molecule has 0 fully saturated rings. The molecule has 0 saturated carbocycles. The van der Waals surface area contributed by atoms with Gasteiger partial charge >= 0.3 is 11.7 Å². The van der Waals surface area contributed by atoms with Crippen LogP contribution >= 0.6 is 0 Å². The van der Waals surface area contributed by atoms with E-state index in [0.29, 0.717) is 30.6 Å². The van der Waals surface area contributed by atoms with Crippen LogP contribution in [0, 0.1) is 5.92 Å². The number of nitrogens with one attached hydrogen (secondary N) is 2. The summed E-state index contributed by atoms with van der Waals surface area (Å²) in [5.41, 5.74) is 2.11. The summed E-state index contributed by atoms with van der Waals surface area (Å²) in [6.07, 6.45) is 0.591. The van der Waals surface area contributed by atoms with Gasteiger partial charge in [0.05, 0.1) is 11.4 Å². The molecule has 6 nitrogen and oxygen atoms in total. The lowest BCUT2D eigenvalue weighted by Crippen LogP contribution is -2.27. The molecule has 1 aromatic heterocycles. The smallest absolute Gasteiger partial charge is 0.417 e. The predicted molar refractivity (Wildman–Crippen MR) is 70.0 cm³/mol. The highest BCUT2D eigenvalue weighted by Crippen LogP contribution is 2.12. The molecule has 1 aromatic carbocycles. The highest BCUT2D eigenvalue weighted by Gasteiger charge is 2.13. The van der Waals surface area contributed by atoms with E-state index in [2.05, 4.69) is 10.3 Å². The van der Waals surface area contributed by atoms with Crippen molar-refractivity contribution in [3.8, 4) is 0 Å². The largest absolute Gasteiger partial charge is 0.481 e. The lowest BCUT2D eigenvalue weighted by Gasteiger charge is -2.10. The Kier molecular flexibility index (Phi) is 4.01. The van der Waals surface area contributed by atoms with Crippen molar-refractivity contribution in [3.05, 3.63) is 34.3 Å². The highest BCUT2D eigenvalue weighted by molar-refractivity contribution is 5.72. The normalized spacial score (nSPS) is 12.7. The average Bonchev–Trinajstić information content (AvgIpc) is 2.73. The number of carbonyl (C=O) groups is 1. The summed E-state index contributed by atoms with van der Waals surface area (Å²) in [7, 11) is 0. The van der Waals surface area contributed by atoms with Crippen molar-refractivity contribution in [2.24, 2.45) is 5.92 Å². The van der Waals surface area contributed by atoms with Gasteiger partial charge in [-0.25, -0.2) is 4.79 Å². The monoisotopic (exact) mass is 264 g/mol. The number of H-pyrrole nitrogens is 1. The van der Waals surface area contributed by atoms with E-state index >= 15 is 0 Å². The second-order valence-corrected chi connectivity index (χ2v) is 4.42. The van der Waals surface area contributed by atoms with Crippen molar-refractivity contribution in [1.82, 2.24) is 10.3 Å². The zero-order valence-corrected chi connectivity index (χ0v) is 10.6. The van der Waals surface area contributed by atoms with Gasteiger partial charge in [0.1, 0.15) is 0 Å². The van der Waals surface area contributed by atoms with Crippen LogP contribution in [-0.2, 0) is 11.3 Å². The maximum atomic E-state index is 11.0. The quantitative estimate of drug-likeness (QED) is 0.731. The van der Waals surface area contributed by atoms with Crippen molar-refractivity contribution < 1.29 is 14.3 Å². The molecule has 1 heterocycles. The van der Waals surface area contributed by atoms with Crippen molar-refractivity contribution >= 4 is 17.1 Å². The van der Waals surface area contributed by atoms with Crippen LogP contribution in [0.5, 0.6) is 0 Å².